The Morgan fingerprint density at radius 2 is 1.71 bits per heavy atom. The molecule has 0 saturated heterocycles. The smallest absolute Gasteiger partial charge is 0.0348 e. The fourth-order valence-electron chi connectivity index (χ4n) is 3.80. The number of hydrogen-bond donors (Lipinski definition) is 1. The lowest BCUT2D eigenvalue weighted by Crippen LogP contribution is -2.30. The molecular weight excluding hydrogens is 254 g/mol. The summed E-state index contributed by atoms with van der Waals surface area (Å²) in [6, 6.07) is 16.2. The normalized spacial score (nSPS) is 24.1. The number of nitrogens with one attached hydrogen (secondary N) is 1. The van der Waals surface area contributed by atoms with E-state index >= 15 is 0 Å². The van der Waals surface area contributed by atoms with Crippen molar-refractivity contribution in [1.82, 2.24) is 5.32 Å². The lowest BCUT2D eigenvalue weighted by molar-refractivity contribution is 0.233. The molecule has 1 N–H and O–H groups in total. The van der Waals surface area contributed by atoms with Gasteiger partial charge in [-0.1, -0.05) is 63.1 Å². The van der Waals surface area contributed by atoms with Crippen LogP contribution in [0, 0.1) is 11.8 Å². The molecule has 1 atom stereocenters. The molecule has 1 nitrogen and oxygen atoms in total. The predicted molar refractivity (Wildman–Crippen MR) is 91.5 cm³/mol. The summed E-state index contributed by atoms with van der Waals surface area (Å²) in [5.74, 6) is 1.71. The Hall–Kier alpha value is -1.34. The monoisotopic (exact) mass is 281 g/mol. The highest BCUT2D eigenvalue weighted by Crippen LogP contribution is 2.37. The van der Waals surface area contributed by atoms with Crippen LogP contribution in [0.25, 0.3) is 10.8 Å². The van der Waals surface area contributed by atoms with Crippen LogP contribution in [-0.4, -0.2) is 6.54 Å². The molecular formula is C20H27N. The summed E-state index contributed by atoms with van der Waals surface area (Å²) in [5, 5.41) is 6.45. The highest BCUT2D eigenvalue weighted by molar-refractivity contribution is 5.83. The van der Waals surface area contributed by atoms with Crippen LogP contribution in [0.1, 0.15) is 51.1 Å². The molecule has 1 fully saturated rings. The van der Waals surface area contributed by atoms with E-state index in [2.05, 4.69) is 61.6 Å². The van der Waals surface area contributed by atoms with Crippen molar-refractivity contribution in [3.05, 3.63) is 48.0 Å². The van der Waals surface area contributed by atoms with Crippen LogP contribution >= 0.6 is 0 Å². The van der Waals surface area contributed by atoms with Gasteiger partial charge in [-0.15, -0.1) is 0 Å². The molecule has 0 spiro atoms. The van der Waals surface area contributed by atoms with Gasteiger partial charge in [0.1, 0.15) is 0 Å². The third-order valence-corrected chi connectivity index (χ3v) is 5.09. The number of benzene rings is 2. The molecule has 1 heteroatoms. The van der Waals surface area contributed by atoms with Crippen LogP contribution in [0.15, 0.2) is 42.5 Å². The molecule has 0 bridgehead atoms. The van der Waals surface area contributed by atoms with E-state index in [0.29, 0.717) is 6.04 Å². The van der Waals surface area contributed by atoms with E-state index in [-0.39, 0.29) is 0 Å². The van der Waals surface area contributed by atoms with E-state index in [1.165, 1.54) is 42.0 Å². The topological polar surface area (TPSA) is 12.0 Å². The highest BCUT2D eigenvalue weighted by Gasteiger charge is 2.26. The average molecular weight is 281 g/mol. The minimum absolute atomic E-state index is 0.520. The Labute approximate surface area is 128 Å². The van der Waals surface area contributed by atoms with Gasteiger partial charge in [-0.05, 0) is 53.6 Å². The zero-order valence-electron chi connectivity index (χ0n) is 13.3. The van der Waals surface area contributed by atoms with Crippen molar-refractivity contribution in [2.75, 3.05) is 6.54 Å². The fourth-order valence-corrected chi connectivity index (χ4v) is 3.80. The molecule has 2 aromatic carbocycles. The van der Waals surface area contributed by atoms with E-state index in [0.717, 1.165) is 18.4 Å². The second kappa shape index (κ2) is 6.62. The number of fused-ring (bicyclic) bond motifs is 1. The molecule has 1 unspecified atom stereocenters. The Morgan fingerprint density at radius 1 is 1.00 bits per heavy atom. The molecule has 2 aromatic rings. The van der Waals surface area contributed by atoms with Crippen LogP contribution in [-0.2, 0) is 0 Å². The third-order valence-electron chi connectivity index (χ3n) is 5.09. The maximum absolute atomic E-state index is 3.75. The van der Waals surface area contributed by atoms with Crippen molar-refractivity contribution in [3.8, 4) is 0 Å². The molecule has 0 radical (unpaired) electrons. The maximum atomic E-state index is 3.75. The summed E-state index contributed by atoms with van der Waals surface area (Å²) in [5.41, 5.74) is 1.47. The first-order chi connectivity index (χ1) is 10.3. The number of hydrogen-bond acceptors (Lipinski definition) is 1. The molecule has 0 amide bonds. The molecule has 0 aliphatic heterocycles. The van der Waals surface area contributed by atoms with Crippen LogP contribution in [0.4, 0.5) is 0 Å². The average Bonchev–Trinajstić information content (AvgIpc) is 2.53. The lowest BCUT2D eigenvalue weighted by atomic mass is 9.77. The maximum Gasteiger partial charge on any atom is 0.0348 e. The van der Waals surface area contributed by atoms with Crippen molar-refractivity contribution in [2.24, 2.45) is 11.8 Å². The van der Waals surface area contributed by atoms with Gasteiger partial charge in [0.25, 0.3) is 0 Å². The van der Waals surface area contributed by atoms with Gasteiger partial charge in [0.15, 0.2) is 0 Å². The van der Waals surface area contributed by atoms with Crippen molar-refractivity contribution >= 4 is 10.8 Å². The van der Waals surface area contributed by atoms with E-state index in [1.54, 1.807) is 0 Å². The fraction of sp³-hybridized carbons (Fsp3) is 0.500. The third kappa shape index (κ3) is 3.29. The van der Waals surface area contributed by atoms with Crippen LogP contribution < -0.4 is 5.32 Å². The van der Waals surface area contributed by atoms with Gasteiger partial charge < -0.3 is 5.32 Å². The predicted octanol–water partition coefficient (Wildman–Crippen LogP) is 5.32. The van der Waals surface area contributed by atoms with E-state index in [1.807, 2.05) is 0 Å². The lowest BCUT2D eigenvalue weighted by Gasteiger charge is -2.33. The molecule has 0 aromatic heterocycles. The summed E-state index contributed by atoms with van der Waals surface area (Å²) in [6.07, 6.45) is 5.51. The summed E-state index contributed by atoms with van der Waals surface area (Å²) in [7, 11) is 0. The van der Waals surface area contributed by atoms with Gasteiger partial charge in [0.2, 0.25) is 0 Å². The van der Waals surface area contributed by atoms with Crippen LogP contribution in [0.5, 0.6) is 0 Å². The molecule has 112 valence electrons. The quantitative estimate of drug-likeness (QED) is 0.800. The van der Waals surface area contributed by atoms with E-state index < -0.39 is 0 Å². The molecule has 3 rings (SSSR count). The SMILES string of the molecule is CCNC(c1ccc2ccccc2c1)C1CCC(C)CC1. The molecule has 0 heterocycles. The number of rotatable bonds is 4. The Balaban J connectivity index is 1.87. The Morgan fingerprint density at radius 3 is 2.43 bits per heavy atom. The first kappa shape index (κ1) is 14.6. The van der Waals surface area contributed by atoms with Gasteiger partial charge in [0, 0.05) is 6.04 Å². The van der Waals surface area contributed by atoms with Gasteiger partial charge >= 0.3 is 0 Å². The zero-order chi connectivity index (χ0) is 14.7. The summed E-state index contributed by atoms with van der Waals surface area (Å²) in [6.45, 7) is 5.66. The minimum atomic E-state index is 0.520. The second-order valence-corrected chi connectivity index (χ2v) is 6.66. The summed E-state index contributed by atoms with van der Waals surface area (Å²) in [4.78, 5) is 0. The van der Waals surface area contributed by atoms with Crippen molar-refractivity contribution in [3.63, 3.8) is 0 Å². The standard InChI is InChI=1S/C20H27N/c1-3-21-20(17-10-8-15(2)9-11-17)19-13-12-16-6-4-5-7-18(16)14-19/h4-7,12-15,17,20-21H,3,8-11H2,1-2H3. The van der Waals surface area contributed by atoms with Crippen LogP contribution in [0.3, 0.4) is 0 Å². The Kier molecular flexibility index (Phi) is 4.60. The van der Waals surface area contributed by atoms with Crippen molar-refractivity contribution in [2.45, 2.75) is 45.6 Å². The first-order valence-corrected chi connectivity index (χ1v) is 8.50. The second-order valence-electron chi connectivity index (χ2n) is 6.66. The molecule has 1 aliphatic rings. The van der Waals surface area contributed by atoms with E-state index in [4.69, 9.17) is 0 Å². The first-order valence-electron chi connectivity index (χ1n) is 8.50. The minimum Gasteiger partial charge on any atom is -0.310 e. The summed E-state index contributed by atoms with van der Waals surface area (Å²) >= 11 is 0. The molecule has 21 heavy (non-hydrogen) atoms. The molecule has 1 aliphatic carbocycles. The van der Waals surface area contributed by atoms with Gasteiger partial charge in [-0.3, -0.25) is 0 Å². The zero-order valence-corrected chi connectivity index (χ0v) is 13.3. The van der Waals surface area contributed by atoms with Gasteiger partial charge in [0.05, 0.1) is 0 Å². The van der Waals surface area contributed by atoms with Crippen molar-refractivity contribution in [1.29, 1.82) is 0 Å². The van der Waals surface area contributed by atoms with Gasteiger partial charge in [-0.2, -0.15) is 0 Å². The van der Waals surface area contributed by atoms with Crippen LogP contribution in [0.2, 0.25) is 0 Å². The van der Waals surface area contributed by atoms with Crippen molar-refractivity contribution < 1.29 is 0 Å². The largest absolute Gasteiger partial charge is 0.310 e. The Bertz CT molecular complexity index is 581. The summed E-state index contributed by atoms with van der Waals surface area (Å²) < 4.78 is 0. The van der Waals surface area contributed by atoms with Gasteiger partial charge in [-0.25, -0.2) is 0 Å². The van der Waals surface area contributed by atoms with E-state index in [9.17, 15) is 0 Å². The molecule has 1 saturated carbocycles. The highest BCUT2D eigenvalue weighted by atomic mass is 14.9.